The molecule has 0 aliphatic heterocycles. The minimum atomic E-state index is -0.209. The monoisotopic (exact) mass is 265 g/mol. The molecule has 0 saturated heterocycles. The van der Waals surface area contributed by atoms with Gasteiger partial charge >= 0.3 is 0 Å². The van der Waals surface area contributed by atoms with Gasteiger partial charge in [-0.25, -0.2) is 4.39 Å². The van der Waals surface area contributed by atoms with Crippen molar-refractivity contribution in [3.05, 3.63) is 35.6 Å². The zero-order valence-corrected chi connectivity index (χ0v) is 12.0. The fourth-order valence-corrected chi connectivity index (χ4v) is 1.77. The lowest BCUT2D eigenvalue weighted by Gasteiger charge is -2.12. The highest BCUT2D eigenvalue weighted by atomic mass is 19.1. The van der Waals surface area contributed by atoms with Gasteiger partial charge in [0.2, 0.25) is 0 Å². The van der Waals surface area contributed by atoms with Crippen molar-refractivity contribution in [1.29, 1.82) is 0 Å². The summed E-state index contributed by atoms with van der Waals surface area (Å²) in [6.45, 7) is 5.91. The Kier molecular flexibility index (Phi) is 6.93. The molecule has 19 heavy (non-hydrogen) atoms. The summed E-state index contributed by atoms with van der Waals surface area (Å²) in [6.07, 6.45) is 2.33. The summed E-state index contributed by atoms with van der Waals surface area (Å²) in [5, 5.41) is 6.43. The van der Waals surface area contributed by atoms with Crippen LogP contribution < -0.4 is 10.6 Å². The Morgan fingerprint density at radius 1 is 1.32 bits per heavy atom. The van der Waals surface area contributed by atoms with Crippen molar-refractivity contribution in [3.8, 4) is 0 Å². The molecule has 0 spiro atoms. The van der Waals surface area contributed by atoms with Crippen LogP contribution in [0.3, 0.4) is 0 Å². The van der Waals surface area contributed by atoms with Gasteiger partial charge in [0.25, 0.3) is 0 Å². The third-order valence-electron chi connectivity index (χ3n) is 2.82. The number of guanidine groups is 1. The zero-order valence-electron chi connectivity index (χ0n) is 12.0. The van der Waals surface area contributed by atoms with Crippen molar-refractivity contribution in [2.75, 3.05) is 13.6 Å². The molecule has 0 heterocycles. The van der Waals surface area contributed by atoms with E-state index < -0.39 is 0 Å². The molecule has 3 nitrogen and oxygen atoms in total. The average molecular weight is 265 g/mol. The highest BCUT2D eigenvalue weighted by Gasteiger charge is 1.99. The fraction of sp³-hybridized carbons (Fsp3) is 0.533. The summed E-state index contributed by atoms with van der Waals surface area (Å²) >= 11 is 0. The largest absolute Gasteiger partial charge is 0.356 e. The summed E-state index contributed by atoms with van der Waals surface area (Å²) in [5.74, 6) is 1.27. The van der Waals surface area contributed by atoms with Gasteiger partial charge in [-0.05, 0) is 36.5 Å². The molecule has 0 radical (unpaired) electrons. The Morgan fingerprint density at radius 2 is 2.11 bits per heavy atom. The highest BCUT2D eigenvalue weighted by Crippen LogP contribution is 2.03. The lowest BCUT2D eigenvalue weighted by molar-refractivity contribution is 0.549. The Hall–Kier alpha value is -1.58. The van der Waals surface area contributed by atoms with Gasteiger partial charge in [-0.2, -0.15) is 0 Å². The lowest BCUT2D eigenvalue weighted by Crippen LogP contribution is -2.37. The molecule has 0 saturated carbocycles. The number of nitrogens with one attached hydrogen (secondary N) is 2. The summed E-state index contributed by atoms with van der Waals surface area (Å²) in [6, 6.07) is 6.58. The molecule has 0 amide bonds. The van der Waals surface area contributed by atoms with E-state index in [1.54, 1.807) is 13.1 Å². The lowest BCUT2D eigenvalue weighted by atomic mass is 10.1. The Labute approximate surface area is 115 Å². The summed E-state index contributed by atoms with van der Waals surface area (Å²) in [5.41, 5.74) is 0.908. The molecule has 106 valence electrons. The van der Waals surface area contributed by atoms with Crippen LogP contribution in [0.4, 0.5) is 4.39 Å². The standard InChI is InChI=1S/C15H24FN3/c1-12(2)6-5-9-18-15(17-3)19-11-13-7-4-8-14(16)10-13/h4,7-8,10,12H,5-6,9,11H2,1-3H3,(H2,17,18,19). The molecule has 0 atom stereocenters. The first-order chi connectivity index (χ1) is 9.11. The van der Waals surface area contributed by atoms with E-state index in [9.17, 15) is 4.39 Å². The maximum atomic E-state index is 13.0. The van der Waals surface area contributed by atoms with Crippen molar-refractivity contribution >= 4 is 5.96 Å². The third-order valence-corrected chi connectivity index (χ3v) is 2.82. The van der Waals surface area contributed by atoms with Crippen LogP contribution in [0.5, 0.6) is 0 Å². The summed E-state index contributed by atoms with van der Waals surface area (Å²) in [4.78, 5) is 4.14. The van der Waals surface area contributed by atoms with Gasteiger partial charge in [0.15, 0.2) is 5.96 Å². The SMILES string of the molecule is CN=C(NCCCC(C)C)NCc1cccc(F)c1. The molecule has 0 fully saturated rings. The van der Waals surface area contributed by atoms with Crippen LogP contribution >= 0.6 is 0 Å². The second-order valence-corrected chi connectivity index (χ2v) is 5.02. The van der Waals surface area contributed by atoms with E-state index in [1.807, 2.05) is 6.07 Å². The molecule has 2 N–H and O–H groups in total. The minimum absolute atomic E-state index is 0.209. The summed E-state index contributed by atoms with van der Waals surface area (Å²) < 4.78 is 13.0. The van der Waals surface area contributed by atoms with Gasteiger partial charge in [-0.15, -0.1) is 0 Å². The highest BCUT2D eigenvalue weighted by molar-refractivity contribution is 5.79. The molecule has 1 aromatic rings. The Balaban J connectivity index is 2.29. The number of nitrogens with zero attached hydrogens (tertiary/aromatic N) is 1. The first-order valence-corrected chi connectivity index (χ1v) is 6.80. The van der Waals surface area contributed by atoms with E-state index in [1.165, 1.54) is 18.6 Å². The second kappa shape index (κ2) is 8.51. The normalized spacial score (nSPS) is 11.7. The van der Waals surface area contributed by atoms with E-state index in [0.29, 0.717) is 6.54 Å². The third kappa shape index (κ3) is 6.79. The Bertz CT molecular complexity index is 402. The molecule has 0 aliphatic rings. The predicted molar refractivity (Wildman–Crippen MR) is 78.7 cm³/mol. The van der Waals surface area contributed by atoms with Gasteiger partial charge in [0.1, 0.15) is 5.82 Å². The number of hydrogen-bond acceptors (Lipinski definition) is 1. The minimum Gasteiger partial charge on any atom is -0.356 e. The molecular formula is C15H24FN3. The van der Waals surface area contributed by atoms with E-state index >= 15 is 0 Å². The molecule has 1 rings (SSSR count). The molecule has 4 heteroatoms. The molecule has 0 unspecified atom stereocenters. The number of benzene rings is 1. The molecule has 1 aromatic carbocycles. The number of hydrogen-bond donors (Lipinski definition) is 2. The maximum absolute atomic E-state index is 13.0. The van der Waals surface area contributed by atoms with Crippen molar-refractivity contribution in [1.82, 2.24) is 10.6 Å². The van der Waals surface area contributed by atoms with Crippen molar-refractivity contribution in [3.63, 3.8) is 0 Å². The fourth-order valence-electron chi connectivity index (χ4n) is 1.77. The van der Waals surface area contributed by atoms with Crippen molar-refractivity contribution < 1.29 is 4.39 Å². The van der Waals surface area contributed by atoms with Crippen LogP contribution in [0.25, 0.3) is 0 Å². The van der Waals surface area contributed by atoms with E-state index in [4.69, 9.17) is 0 Å². The first kappa shape index (κ1) is 15.5. The van der Waals surface area contributed by atoms with Gasteiger partial charge in [-0.1, -0.05) is 26.0 Å². The average Bonchev–Trinajstić information content (AvgIpc) is 2.37. The first-order valence-electron chi connectivity index (χ1n) is 6.80. The van der Waals surface area contributed by atoms with Gasteiger partial charge in [0, 0.05) is 20.1 Å². The maximum Gasteiger partial charge on any atom is 0.191 e. The second-order valence-electron chi connectivity index (χ2n) is 5.02. The van der Waals surface area contributed by atoms with Crippen LogP contribution in [0.15, 0.2) is 29.3 Å². The van der Waals surface area contributed by atoms with Crippen LogP contribution in [0.1, 0.15) is 32.3 Å². The zero-order chi connectivity index (χ0) is 14.1. The molecule has 0 bridgehead atoms. The number of rotatable bonds is 6. The van der Waals surface area contributed by atoms with E-state index in [-0.39, 0.29) is 5.82 Å². The quantitative estimate of drug-likeness (QED) is 0.471. The smallest absolute Gasteiger partial charge is 0.191 e. The molecular weight excluding hydrogens is 241 g/mol. The van der Waals surface area contributed by atoms with E-state index in [2.05, 4.69) is 29.5 Å². The van der Waals surface area contributed by atoms with Crippen LogP contribution in [0, 0.1) is 11.7 Å². The van der Waals surface area contributed by atoms with Gasteiger partial charge in [-0.3, -0.25) is 4.99 Å². The number of aliphatic imine (C=N–C) groups is 1. The van der Waals surface area contributed by atoms with Crippen LogP contribution in [-0.2, 0) is 6.54 Å². The van der Waals surface area contributed by atoms with Crippen molar-refractivity contribution in [2.24, 2.45) is 10.9 Å². The van der Waals surface area contributed by atoms with E-state index in [0.717, 1.165) is 30.4 Å². The predicted octanol–water partition coefficient (Wildman–Crippen LogP) is 2.93. The van der Waals surface area contributed by atoms with Crippen LogP contribution in [0.2, 0.25) is 0 Å². The van der Waals surface area contributed by atoms with Gasteiger partial charge in [0.05, 0.1) is 0 Å². The topological polar surface area (TPSA) is 36.4 Å². The summed E-state index contributed by atoms with van der Waals surface area (Å²) in [7, 11) is 1.74. The number of halogens is 1. The molecule has 0 aromatic heterocycles. The van der Waals surface area contributed by atoms with Gasteiger partial charge < -0.3 is 10.6 Å². The Morgan fingerprint density at radius 3 is 2.74 bits per heavy atom. The van der Waals surface area contributed by atoms with Crippen LogP contribution in [-0.4, -0.2) is 19.6 Å². The molecule has 0 aliphatic carbocycles. The van der Waals surface area contributed by atoms with Crippen molar-refractivity contribution in [2.45, 2.75) is 33.2 Å².